The van der Waals surface area contributed by atoms with Gasteiger partial charge in [0.05, 0.1) is 6.67 Å². The van der Waals surface area contributed by atoms with Crippen molar-refractivity contribution in [2.24, 2.45) is 23.7 Å². The third-order valence-electron chi connectivity index (χ3n) is 9.33. The van der Waals surface area contributed by atoms with Crippen molar-refractivity contribution in [3.8, 4) is 11.1 Å². The summed E-state index contributed by atoms with van der Waals surface area (Å²) in [5, 5.41) is 0. The van der Waals surface area contributed by atoms with Gasteiger partial charge in [-0.2, -0.15) is 0 Å². The SMILES string of the molecule is CCC[C@H]1CC[C@H](C2CCC(CCc3ccc(-c4ccc(CCCCCF)cc4)cc3)CC2)CC1. The average molecular weight is 477 g/mol. The van der Waals surface area contributed by atoms with Crippen molar-refractivity contribution in [1.29, 1.82) is 0 Å². The Balaban J connectivity index is 1.16. The minimum atomic E-state index is -0.184. The fourth-order valence-electron chi connectivity index (χ4n) is 7.00. The zero-order valence-corrected chi connectivity index (χ0v) is 22.3. The van der Waals surface area contributed by atoms with Crippen molar-refractivity contribution in [3.05, 3.63) is 59.7 Å². The molecule has 2 fully saturated rings. The maximum Gasteiger partial charge on any atom is 0.0894 e. The summed E-state index contributed by atoms with van der Waals surface area (Å²) >= 11 is 0. The molecule has 0 nitrogen and oxygen atoms in total. The predicted molar refractivity (Wildman–Crippen MR) is 150 cm³/mol. The van der Waals surface area contributed by atoms with Gasteiger partial charge in [-0.3, -0.25) is 4.39 Å². The summed E-state index contributed by atoms with van der Waals surface area (Å²) in [6.45, 7) is 2.16. The number of halogens is 1. The fraction of sp³-hybridized carbons (Fsp3) is 0.647. The zero-order chi connectivity index (χ0) is 24.3. The van der Waals surface area contributed by atoms with Crippen LogP contribution in [0.4, 0.5) is 4.39 Å². The predicted octanol–water partition coefficient (Wildman–Crippen LogP) is 10.4. The average Bonchev–Trinajstić information content (AvgIpc) is 2.92. The molecule has 1 heteroatoms. The van der Waals surface area contributed by atoms with E-state index in [1.807, 2.05) is 0 Å². The molecule has 0 atom stereocenters. The molecule has 0 heterocycles. The van der Waals surface area contributed by atoms with Gasteiger partial charge in [-0.1, -0.05) is 100 Å². The first-order valence-electron chi connectivity index (χ1n) is 15.0. The molecule has 0 aromatic heterocycles. The van der Waals surface area contributed by atoms with E-state index in [2.05, 4.69) is 55.5 Å². The topological polar surface area (TPSA) is 0 Å². The Labute approximate surface area is 215 Å². The van der Waals surface area contributed by atoms with Crippen molar-refractivity contribution in [2.75, 3.05) is 6.67 Å². The van der Waals surface area contributed by atoms with Crippen molar-refractivity contribution >= 4 is 0 Å². The number of alkyl halides is 1. The van der Waals surface area contributed by atoms with E-state index in [-0.39, 0.29) is 6.67 Å². The minimum Gasteiger partial charge on any atom is -0.251 e. The van der Waals surface area contributed by atoms with Gasteiger partial charge >= 0.3 is 0 Å². The highest BCUT2D eigenvalue weighted by atomic mass is 19.1. The van der Waals surface area contributed by atoms with Crippen molar-refractivity contribution in [3.63, 3.8) is 0 Å². The first kappa shape index (κ1) is 26.4. The molecule has 0 radical (unpaired) electrons. The largest absolute Gasteiger partial charge is 0.251 e. The molecule has 0 amide bonds. The van der Waals surface area contributed by atoms with Crippen molar-refractivity contribution in [1.82, 2.24) is 0 Å². The molecule has 0 N–H and O–H groups in total. The van der Waals surface area contributed by atoms with Crippen LogP contribution in [-0.2, 0) is 12.8 Å². The Morgan fingerprint density at radius 3 is 1.54 bits per heavy atom. The lowest BCUT2D eigenvalue weighted by atomic mass is 9.68. The Bertz CT molecular complexity index is 820. The van der Waals surface area contributed by atoms with Crippen LogP contribution in [0.2, 0.25) is 0 Å². The lowest BCUT2D eigenvalue weighted by Gasteiger charge is -2.38. The van der Waals surface area contributed by atoms with E-state index in [0.717, 1.165) is 42.9 Å². The summed E-state index contributed by atoms with van der Waals surface area (Å²) in [5.41, 5.74) is 5.47. The van der Waals surface area contributed by atoms with Crippen LogP contribution in [0.1, 0.15) is 108 Å². The second-order valence-corrected chi connectivity index (χ2v) is 11.8. The molecule has 192 valence electrons. The summed E-state index contributed by atoms with van der Waals surface area (Å²) in [7, 11) is 0. The molecular formula is C34H49F. The molecule has 2 aliphatic carbocycles. The number of benzene rings is 2. The first-order valence-corrected chi connectivity index (χ1v) is 15.0. The van der Waals surface area contributed by atoms with Gasteiger partial charge in [0, 0.05) is 0 Å². The van der Waals surface area contributed by atoms with E-state index >= 15 is 0 Å². The summed E-state index contributed by atoms with van der Waals surface area (Å²) in [5.74, 6) is 4.07. The van der Waals surface area contributed by atoms with E-state index < -0.39 is 0 Å². The van der Waals surface area contributed by atoms with E-state index in [9.17, 15) is 4.39 Å². The summed E-state index contributed by atoms with van der Waals surface area (Å²) in [4.78, 5) is 0. The molecule has 0 spiro atoms. The van der Waals surface area contributed by atoms with Gasteiger partial charge in [0.15, 0.2) is 0 Å². The monoisotopic (exact) mass is 476 g/mol. The van der Waals surface area contributed by atoms with Crippen molar-refractivity contribution in [2.45, 2.75) is 110 Å². The smallest absolute Gasteiger partial charge is 0.0894 e. The molecule has 0 unspecified atom stereocenters. The van der Waals surface area contributed by atoms with Crippen LogP contribution in [0.5, 0.6) is 0 Å². The summed E-state index contributed by atoms with van der Waals surface area (Å²) < 4.78 is 12.2. The van der Waals surface area contributed by atoms with Gasteiger partial charge in [0.2, 0.25) is 0 Å². The molecule has 2 saturated carbocycles. The highest BCUT2D eigenvalue weighted by Gasteiger charge is 2.30. The van der Waals surface area contributed by atoms with Gasteiger partial charge < -0.3 is 0 Å². The standard InChI is InChI=1S/C34H49F/c1-2-6-27-10-18-31(19-11-27)33-22-14-29(15-23-33)8-9-30-16-24-34(25-17-30)32-20-12-28(13-21-32)7-4-3-5-26-35/h12-13,16-17,20-21,24-25,27,29,31,33H,2-11,14-15,18-19,22-23,26H2,1H3/t27-,29?,31-,33?. The molecule has 2 aromatic carbocycles. The zero-order valence-electron chi connectivity index (χ0n) is 22.3. The van der Waals surface area contributed by atoms with Gasteiger partial charge in [0.1, 0.15) is 0 Å². The van der Waals surface area contributed by atoms with Gasteiger partial charge in [-0.25, -0.2) is 0 Å². The van der Waals surface area contributed by atoms with Gasteiger partial charge in [-0.15, -0.1) is 0 Å². The highest BCUT2D eigenvalue weighted by Crippen LogP contribution is 2.43. The number of hydrogen-bond acceptors (Lipinski definition) is 0. The Kier molecular flexibility index (Phi) is 10.7. The van der Waals surface area contributed by atoms with E-state index in [1.54, 1.807) is 0 Å². The number of hydrogen-bond donors (Lipinski definition) is 0. The third kappa shape index (κ3) is 8.19. The molecule has 0 bridgehead atoms. The highest BCUT2D eigenvalue weighted by molar-refractivity contribution is 5.64. The lowest BCUT2D eigenvalue weighted by Crippen LogP contribution is -2.26. The van der Waals surface area contributed by atoms with Crippen LogP contribution in [0.3, 0.4) is 0 Å². The van der Waals surface area contributed by atoms with Crippen LogP contribution >= 0.6 is 0 Å². The first-order chi connectivity index (χ1) is 17.2. The molecule has 0 saturated heterocycles. The van der Waals surface area contributed by atoms with Crippen LogP contribution in [0.25, 0.3) is 11.1 Å². The normalized spacial score (nSPS) is 25.0. The van der Waals surface area contributed by atoms with Crippen molar-refractivity contribution < 1.29 is 4.39 Å². The molecule has 35 heavy (non-hydrogen) atoms. The maximum absolute atomic E-state index is 12.2. The Morgan fingerprint density at radius 2 is 1.06 bits per heavy atom. The van der Waals surface area contributed by atoms with E-state index in [0.29, 0.717) is 6.42 Å². The molecule has 0 aliphatic heterocycles. The maximum atomic E-state index is 12.2. The second-order valence-electron chi connectivity index (χ2n) is 11.8. The second kappa shape index (κ2) is 14.2. The fourth-order valence-corrected chi connectivity index (χ4v) is 7.00. The Morgan fingerprint density at radius 1 is 0.571 bits per heavy atom. The van der Waals surface area contributed by atoms with Crippen LogP contribution < -0.4 is 0 Å². The number of unbranched alkanes of at least 4 members (excludes halogenated alkanes) is 2. The molecule has 2 aliphatic rings. The number of rotatable bonds is 12. The van der Waals surface area contributed by atoms with Gasteiger partial charge in [-0.05, 0) is 104 Å². The Hall–Kier alpha value is -1.63. The van der Waals surface area contributed by atoms with Gasteiger partial charge in [0.25, 0.3) is 0 Å². The molecule has 2 aromatic rings. The number of aryl methyl sites for hydroxylation is 2. The summed E-state index contributed by atoms with van der Waals surface area (Å²) in [6, 6.07) is 18.3. The quantitative estimate of drug-likeness (QED) is 0.267. The van der Waals surface area contributed by atoms with Crippen LogP contribution in [0.15, 0.2) is 48.5 Å². The van der Waals surface area contributed by atoms with E-state index in [4.69, 9.17) is 0 Å². The molecule has 4 rings (SSSR count). The third-order valence-corrected chi connectivity index (χ3v) is 9.33. The minimum absolute atomic E-state index is 0.184. The van der Waals surface area contributed by atoms with Crippen LogP contribution in [0, 0.1) is 23.7 Å². The van der Waals surface area contributed by atoms with E-state index in [1.165, 1.54) is 99.3 Å². The lowest BCUT2D eigenvalue weighted by molar-refractivity contribution is 0.141. The van der Waals surface area contributed by atoms with Crippen LogP contribution in [-0.4, -0.2) is 6.67 Å². The summed E-state index contributed by atoms with van der Waals surface area (Å²) in [6.07, 6.45) is 21.3. The molecular weight excluding hydrogens is 427 g/mol.